The Bertz CT molecular complexity index is 3300. The molecular formula is C49H28N2O. The van der Waals surface area contributed by atoms with Crippen molar-refractivity contribution in [2.24, 2.45) is 0 Å². The first kappa shape index (κ1) is 28.7. The molecule has 0 radical (unpaired) electrons. The fourth-order valence-corrected chi connectivity index (χ4v) is 8.31. The molecule has 0 atom stereocenters. The molecule has 2 aromatic heterocycles. The lowest BCUT2D eigenvalue weighted by molar-refractivity contribution is 0.670. The number of fused-ring (bicyclic) bond motifs is 11. The summed E-state index contributed by atoms with van der Waals surface area (Å²) in [4.78, 5) is 3.74. The Hall–Kier alpha value is -7.15. The molecule has 2 heterocycles. The van der Waals surface area contributed by atoms with E-state index in [2.05, 4.69) is 161 Å². The molecule has 0 aliphatic heterocycles. The van der Waals surface area contributed by atoms with Gasteiger partial charge in [-0.1, -0.05) is 109 Å². The van der Waals surface area contributed by atoms with Crippen LogP contribution in [0.5, 0.6) is 0 Å². The highest BCUT2D eigenvalue weighted by atomic mass is 16.3. The number of hydrogen-bond donors (Lipinski definition) is 0. The van der Waals surface area contributed by atoms with Gasteiger partial charge in [0.1, 0.15) is 11.2 Å². The summed E-state index contributed by atoms with van der Waals surface area (Å²) in [6, 6.07) is 60.3. The van der Waals surface area contributed by atoms with Gasteiger partial charge < -0.3 is 8.98 Å². The van der Waals surface area contributed by atoms with Gasteiger partial charge in [-0.3, -0.25) is 0 Å². The Labute approximate surface area is 299 Å². The Balaban J connectivity index is 1.07. The second-order valence-electron chi connectivity index (χ2n) is 13.6. The first-order valence-electron chi connectivity index (χ1n) is 17.5. The van der Waals surface area contributed by atoms with Crippen molar-refractivity contribution in [3.63, 3.8) is 0 Å². The third kappa shape index (κ3) is 4.19. The molecule has 0 saturated heterocycles. The number of rotatable bonds is 3. The molecule has 9 aromatic carbocycles. The Morgan fingerprint density at radius 1 is 0.442 bits per heavy atom. The van der Waals surface area contributed by atoms with Crippen molar-refractivity contribution >= 4 is 81.7 Å². The first-order chi connectivity index (χ1) is 25.7. The molecule has 3 nitrogen and oxygen atoms in total. The van der Waals surface area contributed by atoms with E-state index in [1.165, 1.54) is 43.1 Å². The molecule has 3 heteroatoms. The molecule has 0 aliphatic carbocycles. The van der Waals surface area contributed by atoms with Crippen LogP contribution in [0.15, 0.2) is 174 Å². The van der Waals surface area contributed by atoms with E-state index in [4.69, 9.17) is 11.0 Å². The van der Waals surface area contributed by atoms with Crippen molar-refractivity contribution < 1.29 is 4.42 Å². The predicted octanol–water partition coefficient (Wildman–Crippen LogP) is 14.0. The summed E-state index contributed by atoms with van der Waals surface area (Å²) in [7, 11) is 0. The number of benzene rings is 9. The lowest BCUT2D eigenvalue weighted by Gasteiger charge is -2.10. The van der Waals surface area contributed by atoms with Crippen LogP contribution in [0.25, 0.3) is 109 Å². The number of aromatic nitrogens is 1. The van der Waals surface area contributed by atoms with E-state index in [0.717, 1.165) is 60.9 Å². The monoisotopic (exact) mass is 660 g/mol. The largest absolute Gasteiger partial charge is 0.455 e. The highest BCUT2D eigenvalue weighted by Crippen LogP contribution is 2.44. The van der Waals surface area contributed by atoms with Crippen LogP contribution in [-0.4, -0.2) is 4.57 Å². The standard InChI is InChI=1S/C49H28N2O/c1-50-37-21-23-45-43(29-37)42-27-34(19-22-44(42)51(45)38-11-3-2-4-12-38)32-15-16-33-26-36(18-17-31(33)25-32)41-28-35-10-6-8-14-40(35)48-47-39-13-7-5-9-30(39)20-24-46(47)52-49(41)48/h2-29H. The molecule has 0 amide bonds. The third-order valence-corrected chi connectivity index (χ3v) is 10.7. The summed E-state index contributed by atoms with van der Waals surface area (Å²) in [5, 5.41) is 11.7. The minimum atomic E-state index is 0.645. The topological polar surface area (TPSA) is 22.4 Å². The Morgan fingerprint density at radius 2 is 1.06 bits per heavy atom. The zero-order valence-corrected chi connectivity index (χ0v) is 28.0. The van der Waals surface area contributed by atoms with Gasteiger partial charge in [0.2, 0.25) is 0 Å². The van der Waals surface area contributed by atoms with E-state index >= 15 is 0 Å². The SMILES string of the molecule is [C-]#[N+]c1ccc2c(c1)c1cc(-c3ccc4cc(-c5cc6ccccc6c6c5oc5ccc7ccccc7c56)ccc4c3)ccc1n2-c1ccccc1. The lowest BCUT2D eigenvalue weighted by atomic mass is 9.93. The van der Waals surface area contributed by atoms with Crippen molar-refractivity contribution in [3.8, 4) is 27.9 Å². The maximum Gasteiger partial charge on any atom is 0.188 e. The van der Waals surface area contributed by atoms with Gasteiger partial charge in [-0.05, 0) is 115 Å². The van der Waals surface area contributed by atoms with Crippen molar-refractivity contribution in [2.75, 3.05) is 0 Å². The van der Waals surface area contributed by atoms with Gasteiger partial charge in [0, 0.05) is 27.4 Å². The van der Waals surface area contributed by atoms with Crippen LogP contribution < -0.4 is 0 Å². The quantitative estimate of drug-likeness (QED) is 0.173. The smallest absolute Gasteiger partial charge is 0.188 e. The van der Waals surface area contributed by atoms with Gasteiger partial charge in [-0.25, -0.2) is 4.85 Å². The molecule has 0 aliphatic rings. The summed E-state index contributed by atoms with van der Waals surface area (Å²) >= 11 is 0. The van der Waals surface area contributed by atoms with Gasteiger partial charge in [0.15, 0.2) is 5.69 Å². The number of hydrogen-bond acceptors (Lipinski definition) is 1. The van der Waals surface area contributed by atoms with Gasteiger partial charge >= 0.3 is 0 Å². The average molecular weight is 661 g/mol. The lowest BCUT2D eigenvalue weighted by Crippen LogP contribution is -1.92. The fourth-order valence-electron chi connectivity index (χ4n) is 8.31. The maximum absolute atomic E-state index is 7.66. The highest BCUT2D eigenvalue weighted by Gasteiger charge is 2.19. The van der Waals surface area contributed by atoms with Crippen LogP contribution in [0, 0.1) is 6.57 Å². The van der Waals surface area contributed by atoms with Crippen LogP contribution in [0.1, 0.15) is 0 Å². The number of nitrogens with zero attached hydrogens (tertiary/aromatic N) is 2. The zero-order chi connectivity index (χ0) is 34.3. The minimum absolute atomic E-state index is 0.645. The summed E-state index contributed by atoms with van der Waals surface area (Å²) in [6.07, 6.45) is 0. The second-order valence-corrected chi connectivity index (χ2v) is 13.6. The van der Waals surface area contributed by atoms with E-state index < -0.39 is 0 Å². The summed E-state index contributed by atoms with van der Waals surface area (Å²) < 4.78 is 9.03. The van der Waals surface area contributed by atoms with Gasteiger partial charge in [0.25, 0.3) is 0 Å². The van der Waals surface area contributed by atoms with Crippen LogP contribution >= 0.6 is 0 Å². The predicted molar refractivity (Wildman–Crippen MR) is 218 cm³/mol. The van der Waals surface area contributed by atoms with Crippen LogP contribution in [0.3, 0.4) is 0 Å². The first-order valence-corrected chi connectivity index (χ1v) is 17.5. The molecule has 0 saturated carbocycles. The van der Waals surface area contributed by atoms with Crippen molar-refractivity contribution in [1.29, 1.82) is 0 Å². The average Bonchev–Trinajstić information content (AvgIpc) is 3.77. The molecule has 0 unspecified atom stereocenters. The Morgan fingerprint density at radius 3 is 1.87 bits per heavy atom. The summed E-state index contributed by atoms with van der Waals surface area (Å²) in [5.41, 5.74) is 10.3. The number of furan rings is 1. The fraction of sp³-hybridized carbons (Fsp3) is 0. The molecule has 0 spiro atoms. The van der Waals surface area contributed by atoms with E-state index in [1.54, 1.807) is 0 Å². The second kappa shape index (κ2) is 10.9. The van der Waals surface area contributed by atoms with Gasteiger partial charge in [0.05, 0.1) is 17.6 Å². The van der Waals surface area contributed by atoms with Gasteiger partial charge in [-0.15, -0.1) is 0 Å². The normalized spacial score (nSPS) is 11.8. The molecule has 52 heavy (non-hydrogen) atoms. The van der Waals surface area contributed by atoms with Crippen LogP contribution in [0.4, 0.5) is 5.69 Å². The molecule has 0 fully saturated rings. The maximum atomic E-state index is 7.66. The molecule has 11 aromatic rings. The van der Waals surface area contributed by atoms with Crippen LogP contribution in [-0.2, 0) is 0 Å². The number of para-hydroxylation sites is 1. The molecule has 240 valence electrons. The van der Waals surface area contributed by atoms with E-state index in [-0.39, 0.29) is 0 Å². The van der Waals surface area contributed by atoms with Crippen molar-refractivity contribution in [2.45, 2.75) is 0 Å². The minimum Gasteiger partial charge on any atom is -0.455 e. The van der Waals surface area contributed by atoms with Crippen molar-refractivity contribution in [3.05, 3.63) is 181 Å². The molecule has 11 rings (SSSR count). The van der Waals surface area contributed by atoms with Crippen molar-refractivity contribution in [1.82, 2.24) is 4.57 Å². The zero-order valence-electron chi connectivity index (χ0n) is 28.0. The molecule has 0 bridgehead atoms. The summed E-state index contributed by atoms with van der Waals surface area (Å²) in [5.74, 6) is 0. The van der Waals surface area contributed by atoms with E-state index in [0.29, 0.717) is 5.69 Å². The molecule has 0 N–H and O–H groups in total. The van der Waals surface area contributed by atoms with E-state index in [1.807, 2.05) is 18.2 Å². The Kier molecular flexibility index (Phi) is 6.02. The highest BCUT2D eigenvalue weighted by molar-refractivity contribution is 6.28. The summed E-state index contributed by atoms with van der Waals surface area (Å²) in [6.45, 7) is 7.66. The van der Waals surface area contributed by atoms with Gasteiger partial charge in [-0.2, -0.15) is 0 Å². The molecular weight excluding hydrogens is 633 g/mol. The van der Waals surface area contributed by atoms with Crippen LogP contribution in [0.2, 0.25) is 0 Å². The van der Waals surface area contributed by atoms with E-state index in [9.17, 15) is 0 Å². The third-order valence-electron chi connectivity index (χ3n) is 10.7.